The number of hydrogen-bond donors (Lipinski definition) is 0. The fourth-order valence-electron chi connectivity index (χ4n) is 3.41. The maximum Gasteiger partial charge on any atom is 0.416 e. The van der Waals surface area contributed by atoms with E-state index in [1.54, 1.807) is 0 Å². The average molecular weight is 437 g/mol. The molecule has 1 aliphatic carbocycles. The normalized spacial score (nSPS) is 20.6. The Labute approximate surface area is 179 Å². The summed E-state index contributed by atoms with van der Waals surface area (Å²) in [5.41, 5.74) is 1.47. The van der Waals surface area contributed by atoms with Crippen LogP contribution in [0.5, 0.6) is 0 Å². The highest BCUT2D eigenvalue weighted by Gasteiger charge is 2.29. The molecule has 0 unspecified atom stereocenters. The third-order valence-corrected chi connectivity index (χ3v) is 6.83. The summed E-state index contributed by atoms with van der Waals surface area (Å²) in [4.78, 5) is 0. The van der Waals surface area contributed by atoms with Gasteiger partial charge in [0.2, 0.25) is 0 Å². The molecule has 3 rings (SSSR count). The van der Waals surface area contributed by atoms with Crippen molar-refractivity contribution >= 4 is 29.4 Å². The highest BCUT2D eigenvalue weighted by Crippen LogP contribution is 2.34. The fourth-order valence-corrected chi connectivity index (χ4v) is 4.77. The van der Waals surface area contributed by atoms with Crippen LogP contribution in [0.1, 0.15) is 42.4 Å². The number of rotatable bonds is 6. The first-order chi connectivity index (χ1) is 13.9. The first-order valence-electron chi connectivity index (χ1n) is 9.78. The van der Waals surface area contributed by atoms with Gasteiger partial charge < -0.3 is 0 Å². The van der Waals surface area contributed by atoms with Gasteiger partial charge in [0.25, 0.3) is 0 Å². The standard InChI is InChI=1S/C24H24ClF3S/c25-22-13-7-20(8-14-22)17-29-23-15-9-19(10-16-23)4-2-1-3-18-5-11-21(12-6-18)24(26,27)28/h1-8,11-14,19,23H,9-10,15-17H2. The molecule has 154 valence electrons. The molecule has 0 saturated heterocycles. The number of hydrogen-bond acceptors (Lipinski definition) is 1. The van der Waals surface area contributed by atoms with E-state index in [-0.39, 0.29) is 0 Å². The van der Waals surface area contributed by atoms with Gasteiger partial charge in [-0.1, -0.05) is 60.2 Å². The Kier molecular flexibility index (Phi) is 7.91. The highest BCUT2D eigenvalue weighted by atomic mass is 35.5. The van der Waals surface area contributed by atoms with Gasteiger partial charge in [-0.2, -0.15) is 24.9 Å². The van der Waals surface area contributed by atoms with E-state index in [1.807, 2.05) is 42.1 Å². The van der Waals surface area contributed by atoms with Gasteiger partial charge in [0.05, 0.1) is 5.56 Å². The average Bonchev–Trinajstić information content (AvgIpc) is 2.71. The van der Waals surface area contributed by atoms with Crippen LogP contribution in [0.3, 0.4) is 0 Å². The summed E-state index contributed by atoms with van der Waals surface area (Å²) >= 11 is 7.95. The molecule has 0 aromatic heterocycles. The number of halogens is 4. The van der Waals surface area contributed by atoms with Crippen molar-refractivity contribution < 1.29 is 13.2 Å². The Morgan fingerprint density at radius 1 is 0.897 bits per heavy atom. The minimum Gasteiger partial charge on any atom is -0.166 e. The summed E-state index contributed by atoms with van der Waals surface area (Å²) in [6.45, 7) is 0. The zero-order valence-corrected chi connectivity index (χ0v) is 17.6. The van der Waals surface area contributed by atoms with Gasteiger partial charge in [-0.3, -0.25) is 0 Å². The van der Waals surface area contributed by atoms with Crippen LogP contribution in [0.4, 0.5) is 13.2 Å². The maximum atomic E-state index is 12.6. The van der Waals surface area contributed by atoms with E-state index >= 15 is 0 Å². The molecule has 0 heterocycles. The second-order valence-corrected chi connectivity index (χ2v) is 9.06. The smallest absolute Gasteiger partial charge is 0.166 e. The SMILES string of the molecule is FC(F)(F)c1ccc(C=CC=CC2CCC(SCc3ccc(Cl)cc3)CC2)cc1. The summed E-state index contributed by atoms with van der Waals surface area (Å²) in [6.07, 6.45) is 8.50. The van der Waals surface area contributed by atoms with Crippen molar-refractivity contribution in [3.05, 3.63) is 88.5 Å². The Balaban J connectivity index is 1.39. The Hall–Kier alpha value is -1.65. The molecular weight excluding hydrogens is 413 g/mol. The second-order valence-electron chi connectivity index (χ2n) is 7.34. The van der Waals surface area contributed by atoms with Crippen LogP contribution in [0.25, 0.3) is 6.08 Å². The van der Waals surface area contributed by atoms with Crippen LogP contribution < -0.4 is 0 Å². The molecule has 0 spiro atoms. The van der Waals surface area contributed by atoms with Gasteiger partial charge in [0.15, 0.2) is 0 Å². The second kappa shape index (κ2) is 10.4. The van der Waals surface area contributed by atoms with Crippen LogP contribution in [-0.2, 0) is 11.9 Å². The highest BCUT2D eigenvalue weighted by molar-refractivity contribution is 7.99. The zero-order chi connectivity index (χ0) is 20.7. The van der Waals surface area contributed by atoms with E-state index in [0.717, 1.165) is 28.5 Å². The van der Waals surface area contributed by atoms with Crippen LogP contribution in [0.15, 0.2) is 66.8 Å². The number of allylic oxidation sites excluding steroid dienone is 3. The third kappa shape index (κ3) is 7.27. The minimum atomic E-state index is -4.28. The van der Waals surface area contributed by atoms with Crippen LogP contribution in [-0.4, -0.2) is 5.25 Å². The van der Waals surface area contributed by atoms with Crippen molar-refractivity contribution in [2.24, 2.45) is 5.92 Å². The molecule has 0 atom stereocenters. The Bertz CT molecular complexity index is 815. The van der Waals surface area contributed by atoms with Crippen molar-refractivity contribution in [2.75, 3.05) is 0 Å². The quantitative estimate of drug-likeness (QED) is 0.409. The Morgan fingerprint density at radius 3 is 2.17 bits per heavy atom. The van der Waals surface area contributed by atoms with E-state index in [1.165, 1.54) is 43.4 Å². The molecular formula is C24H24ClF3S. The van der Waals surface area contributed by atoms with Crippen molar-refractivity contribution in [3.63, 3.8) is 0 Å². The predicted octanol–water partition coefficient (Wildman–Crippen LogP) is 8.42. The summed E-state index contributed by atoms with van der Waals surface area (Å²) in [5, 5.41) is 1.48. The predicted molar refractivity (Wildman–Crippen MR) is 118 cm³/mol. The number of benzene rings is 2. The molecule has 2 aromatic carbocycles. The van der Waals surface area contributed by atoms with Crippen LogP contribution in [0, 0.1) is 5.92 Å². The number of thioether (sulfide) groups is 1. The van der Waals surface area contributed by atoms with Crippen molar-refractivity contribution in [1.29, 1.82) is 0 Å². The van der Waals surface area contributed by atoms with Crippen LogP contribution >= 0.6 is 23.4 Å². The zero-order valence-electron chi connectivity index (χ0n) is 16.0. The lowest BCUT2D eigenvalue weighted by Gasteiger charge is -2.26. The molecule has 5 heteroatoms. The monoisotopic (exact) mass is 436 g/mol. The summed E-state index contributed by atoms with van der Waals surface area (Å²) in [7, 11) is 0. The molecule has 1 fully saturated rings. The van der Waals surface area contributed by atoms with E-state index in [4.69, 9.17) is 11.6 Å². The van der Waals surface area contributed by atoms with Gasteiger partial charge in [-0.05, 0) is 67.0 Å². The number of alkyl halides is 3. The van der Waals surface area contributed by atoms with E-state index in [9.17, 15) is 13.2 Å². The molecule has 1 saturated carbocycles. The molecule has 0 nitrogen and oxygen atoms in total. The van der Waals surface area contributed by atoms with E-state index in [0.29, 0.717) is 11.2 Å². The molecule has 0 radical (unpaired) electrons. The lowest BCUT2D eigenvalue weighted by molar-refractivity contribution is -0.137. The molecule has 0 aliphatic heterocycles. The van der Waals surface area contributed by atoms with Crippen molar-refractivity contribution in [2.45, 2.75) is 42.9 Å². The van der Waals surface area contributed by atoms with Crippen LogP contribution in [0.2, 0.25) is 5.02 Å². The lowest BCUT2D eigenvalue weighted by Crippen LogP contribution is -2.14. The minimum absolute atomic E-state index is 0.583. The topological polar surface area (TPSA) is 0 Å². The largest absolute Gasteiger partial charge is 0.416 e. The summed E-state index contributed by atoms with van der Waals surface area (Å²) in [6, 6.07) is 13.3. The summed E-state index contributed by atoms with van der Waals surface area (Å²) in [5.74, 6) is 1.61. The lowest BCUT2D eigenvalue weighted by atomic mass is 9.88. The Morgan fingerprint density at radius 2 is 1.55 bits per heavy atom. The van der Waals surface area contributed by atoms with Gasteiger partial charge in [-0.15, -0.1) is 0 Å². The van der Waals surface area contributed by atoms with E-state index < -0.39 is 11.7 Å². The molecule has 0 N–H and O–H groups in total. The third-order valence-electron chi connectivity index (χ3n) is 5.14. The molecule has 0 bridgehead atoms. The van der Waals surface area contributed by atoms with Crippen molar-refractivity contribution in [3.8, 4) is 0 Å². The molecule has 29 heavy (non-hydrogen) atoms. The summed E-state index contributed by atoms with van der Waals surface area (Å²) < 4.78 is 37.7. The fraction of sp³-hybridized carbons (Fsp3) is 0.333. The van der Waals surface area contributed by atoms with Gasteiger partial charge in [0, 0.05) is 16.0 Å². The van der Waals surface area contributed by atoms with Gasteiger partial charge >= 0.3 is 6.18 Å². The molecule has 2 aromatic rings. The first kappa shape index (κ1) is 22.0. The van der Waals surface area contributed by atoms with Crippen molar-refractivity contribution in [1.82, 2.24) is 0 Å². The molecule has 0 amide bonds. The van der Waals surface area contributed by atoms with Gasteiger partial charge in [0.1, 0.15) is 0 Å². The maximum absolute atomic E-state index is 12.6. The molecule has 1 aliphatic rings. The van der Waals surface area contributed by atoms with E-state index in [2.05, 4.69) is 18.2 Å². The van der Waals surface area contributed by atoms with Gasteiger partial charge in [-0.25, -0.2) is 0 Å². The first-order valence-corrected chi connectivity index (χ1v) is 11.2.